The molecule has 2 aromatic heterocycles. The molecule has 0 radical (unpaired) electrons. The Hall–Kier alpha value is -3.91. The molecule has 0 fully saturated rings. The normalized spacial score (nSPS) is 13.1. The molecular weight excluding hydrogens is 483 g/mol. The molecule has 1 amide bonds. The molecule has 1 atom stereocenters. The van der Waals surface area contributed by atoms with Gasteiger partial charge < -0.3 is 10.3 Å². The van der Waals surface area contributed by atoms with Gasteiger partial charge in [0.05, 0.1) is 18.2 Å². The summed E-state index contributed by atoms with van der Waals surface area (Å²) in [5, 5.41) is 7.48. The molecule has 0 aliphatic heterocycles. The number of nitrogens with zero attached hydrogens (tertiary/aromatic N) is 1. The number of allylic oxidation sites excluding steroid dienone is 2. The highest BCUT2D eigenvalue weighted by atomic mass is 32.1. The van der Waals surface area contributed by atoms with Crippen molar-refractivity contribution in [2.45, 2.75) is 25.8 Å². The Balaban J connectivity index is 1.70. The number of carbonyl (C=O) groups is 1. The Morgan fingerprint density at radius 3 is 2.61 bits per heavy atom. The van der Waals surface area contributed by atoms with Crippen LogP contribution in [0.4, 0.5) is 13.2 Å². The zero-order valence-electron chi connectivity index (χ0n) is 19.5. The van der Waals surface area contributed by atoms with Gasteiger partial charge in [-0.15, -0.1) is 0 Å². The number of hydrogen-bond acceptors (Lipinski definition) is 3. The van der Waals surface area contributed by atoms with Gasteiger partial charge in [0, 0.05) is 29.4 Å². The van der Waals surface area contributed by atoms with Crippen LogP contribution in [0.5, 0.6) is 0 Å². The molecule has 184 valence electrons. The predicted octanol–water partition coefficient (Wildman–Crippen LogP) is 6.60. The Kier molecular flexibility index (Phi) is 7.85. The van der Waals surface area contributed by atoms with Gasteiger partial charge in [-0.05, 0) is 82.8 Å². The lowest BCUT2D eigenvalue weighted by Gasteiger charge is -2.22. The van der Waals surface area contributed by atoms with Gasteiger partial charge in [-0.2, -0.15) is 11.3 Å². The summed E-state index contributed by atoms with van der Waals surface area (Å²) in [6.07, 6.45) is 4.78. The van der Waals surface area contributed by atoms with Crippen molar-refractivity contribution in [2.24, 2.45) is 4.99 Å². The molecule has 0 unspecified atom stereocenters. The number of thiophene rings is 1. The van der Waals surface area contributed by atoms with Gasteiger partial charge in [0.1, 0.15) is 17.5 Å². The summed E-state index contributed by atoms with van der Waals surface area (Å²) in [6, 6.07) is 8.85. The van der Waals surface area contributed by atoms with Crippen molar-refractivity contribution < 1.29 is 18.0 Å². The Morgan fingerprint density at radius 1 is 1.14 bits per heavy atom. The first-order valence-electron chi connectivity index (χ1n) is 11.2. The van der Waals surface area contributed by atoms with Crippen LogP contribution in [0.3, 0.4) is 0 Å². The minimum Gasteiger partial charge on any atom is -0.361 e. The van der Waals surface area contributed by atoms with E-state index < -0.39 is 23.5 Å². The topological polar surface area (TPSA) is 57.2 Å². The van der Waals surface area contributed by atoms with Crippen molar-refractivity contribution >= 4 is 39.9 Å². The second-order valence-corrected chi connectivity index (χ2v) is 9.10. The molecular formula is C28H24F3N3OS. The number of aliphatic imine (C=N–C) groups is 1. The maximum Gasteiger partial charge on any atom is 0.225 e. The predicted molar refractivity (Wildman–Crippen MR) is 140 cm³/mol. The van der Waals surface area contributed by atoms with E-state index >= 15 is 0 Å². The molecule has 8 heteroatoms. The minimum atomic E-state index is -0.703. The number of aromatic amines is 1. The van der Waals surface area contributed by atoms with Gasteiger partial charge in [-0.25, -0.2) is 13.2 Å². The highest BCUT2D eigenvalue weighted by Gasteiger charge is 2.22. The van der Waals surface area contributed by atoms with Gasteiger partial charge in [0.2, 0.25) is 5.91 Å². The molecule has 4 nitrogen and oxygen atoms in total. The van der Waals surface area contributed by atoms with Crippen molar-refractivity contribution in [2.75, 3.05) is 0 Å². The second kappa shape index (κ2) is 11.2. The zero-order valence-corrected chi connectivity index (χ0v) is 20.3. The summed E-state index contributed by atoms with van der Waals surface area (Å²) in [4.78, 5) is 20.8. The lowest BCUT2D eigenvalue weighted by atomic mass is 9.97. The van der Waals surface area contributed by atoms with E-state index in [1.165, 1.54) is 47.9 Å². The largest absolute Gasteiger partial charge is 0.361 e. The van der Waals surface area contributed by atoms with Gasteiger partial charge in [-0.1, -0.05) is 12.7 Å². The Labute approximate surface area is 210 Å². The smallest absolute Gasteiger partial charge is 0.225 e. The van der Waals surface area contributed by atoms with Crippen LogP contribution < -0.4 is 5.32 Å². The molecule has 2 heterocycles. The Bertz CT molecular complexity index is 1430. The van der Waals surface area contributed by atoms with E-state index in [1.807, 2.05) is 23.8 Å². The van der Waals surface area contributed by atoms with Crippen molar-refractivity contribution in [1.82, 2.24) is 10.3 Å². The third kappa shape index (κ3) is 6.01. The van der Waals surface area contributed by atoms with Crippen LogP contribution in [-0.2, 0) is 17.6 Å². The molecule has 2 N–H and O–H groups in total. The third-order valence-electron chi connectivity index (χ3n) is 5.77. The average Bonchev–Trinajstić information content (AvgIpc) is 3.49. The van der Waals surface area contributed by atoms with E-state index in [1.54, 1.807) is 12.3 Å². The van der Waals surface area contributed by atoms with E-state index in [4.69, 9.17) is 0 Å². The highest BCUT2D eigenvalue weighted by molar-refractivity contribution is 7.08. The van der Waals surface area contributed by atoms with Crippen LogP contribution in [0, 0.1) is 17.5 Å². The SMILES string of the molecule is C=CC=N/C(=C(\C)c1ccsc1)[C@H](Cc1cc(F)cc(F)c1)NC(=O)Cc1c[nH]c2ccc(F)cc12. The second-order valence-electron chi connectivity index (χ2n) is 8.32. The first-order valence-corrected chi connectivity index (χ1v) is 12.2. The standard InChI is InChI=1S/C28H24F3N3OS/c1-3-7-32-28(17(2)19-6-8-36-16-19)26(11-18-9-22(30)13-23(31)10-18)34-27(35)12-20-15-33-25-5-4-21(29)14-24(20)25/h3-10,13-16,26,33H,1,11-12H2,2H3,(H,34,35)/b28-17+,32-7?/t26-/m0/s1. The summed E-state index contributed by atoms with van der Waals surface area (Å²) in [5.41, 5.74) is 3.99. The van der Waals surface area contributed by atoms with Gasteiger partial charge >= 0.3 is 0 Å². The number of aromatic nitrogens is 1. The van der Waals surface area contributed by atoms with Crippen molar-refractivity contribution in [3.8, 4) is 0 Å². The summed E-state index contributed by atoms with van der Waals surface area (Å²) < 4.78 is 41.7. The zero-order chi connectivity index (χ0) is 25.7. The van der Waals surface area contributed by atoms with E-state index in [0.717, 1.165) is 22.7 Å². The summed E-state index contributed by atoms with van der Waals surface area (Å²) in [5.74, 6) is -2.15. The average molecular weight is 508 g/mol. The molecule has 0 spiro atoms. The molecule has 4 rings (SSSR count). The number of carbonyl (C=O) groups excluding carboxylic acids is 1. The van der Waals surface area contributed by atoms with Crippen molar-refractivity contribution in [1.29, 1.82) is 0 Å². The summed E-state index contributed by atoms with van der Waals surface area (Å²) in [6.45, 7) is 5.56. The molecule has 36 heavy (non-hydrogen) atoms. The number of benzene rings is 2. The van der Waals surface area contributed by atoms with Crippen LogP contribution in [0.2, 0.25) is 0 Å². The number of H-pyrrole nitrogens is 1. The van der Waals surface area contributed by atoms with Crippen LogP contribution in [0.1, 0.15) is 23.6 Å². The number of rotatable bonds is 9. The monoisotopic (exact) mass is 507 g/mol. The van der Waals surface area contributed by atoms with E-state index in [0.29, 0.717) is 22.2 Å². The van der Waals surface area contributed by atoms with E-state index in [9.17, 15) is 18.0 Å². The molecule has 4 aromatic rings. The molecule has 0 saturated heterocycles. The lowest BCUT2D eigenvalue weighted by molar-refractivity contribution is -0.120. The highest BCUT2D eigenvalue weighted by Crippen LogP contribution is 2.26. The molecule has 0 aliphatic rings. The molecule has 0 bridgehead atoms. The first kappa shape index (κ1) is 25.2. The summed E-state index contributed by atoms with van der Waals surface area (Å²) >= 11 is 1.52. The lowest BCUT2D eigenvalue weighted by Crippen LogP contribution is -2.39. The fourth-order valence-electron chi connectivity index (χ4n) is 4.10. The van der Waals surface area contributed by atoms with Crippen LogP contribution >= 0.6 is 11.3 Å². The van der Waals surface area contributed by atoms with E-state index in [2.05, 4.69) is 21.9 Å². The van der Waals surface area contributed by atoms with Crippen LogP contribution in [-0.4, -0.2) is 23.1 Å². The minimum absolute atomic E-state index is 0.0204. The third-order valence-corrected chi connectivity index (χ3v) is 6.45. The number of amides is 1. The Morgan fingerprint density at radius 2 is 1.92 bits per heavy atom. The number of fused-ring (bicyclic) bond motifs is 1. The number of halogens is 3. The fourth-order valence-corrected chi connectivity index (χ4v) is 4.81. The fraction of sp³-hybridized carbons (Fsp3) is 0.143. The molecule has 2 aromatic carbocycles. The van der Waals surface area contributed by atoms with Gasteiger partial charge in [0.15, 0.2) is 0 Å². The summed E-state index contributed by atoms with van der Waals surface area (Å²) in [7, 11) is 0. The van der Waals surface area contributed by atoms with Crippen molar-refractivity contribution in [3.05, 3.63) is 112 Å². The number of hydrogen-bond donors (Lipinski definition) is 2. The maximum atomic E-state index is 13.9. The maximum absolute atomic E-state index is 13.9. The van der Waals surface area contributed by atoms with Gasteiger partial charge in [-0.3, -0.25) is 9.79 Å². The van der Waals surface area contributed by atoms with E-state index in [-0.39, 0.29) is 18.7 Å². The number of nitrogens with one attached hydrogen (secondary N) is 2. The molecule has 0 saturated carbocycles. The van der Waals surface area contributed by atoms with Crippen molar-refractivity contribution in [3.63, 3.8) is 0 Å². The quantitative estimate of drug-likeness (QED) is 0.246. The van der Waals surface area contributed by atoms with Crippen LogP contribution in [0.25, 0.3) is 16.5 Å². The first-order chi connectivity index (χ1) is 17.3. The molecule has 0 aliphatic carbocycles. The van der Waals surface area contributed by atoms with Crippen LogP contribution in [0.15, 0.2) is 82.8 Å². The van der Waals surface area contributed by atoms with Gasteiger partial charge in [0.25, 0.3) is 0 Å².